The van der Waals surface area contributed by atoms with Gasteiger partial charge in [-0.15, -0.1) is 0 Å². The summed E-state index contributed by atoms with van der Waals surface area (Å²) in [5.74, 6) is 0.483. The van der Waals surface area contributed by atoms with Gasteiger partial charge in [0.2, 0.25) is 0 Å². The predicted octanol–water partition coefficient (Wildman–Crippen LogP) is 8.93. The average Bonchev–Trinajstić information content (AvgIpc) is 3.35. The third kappa shape index (κ3) is 6.74. The standard InChI is InChI=1S/C32H24Br2IN3O2/c1-21-7-16-30(24-5-3-2-4-6-24)38(21)27-14-10-25(11-15-27)32(39)37-36-19-23-17-28(34)31(29(35)18-23)40-20-22-8-12-26(33)13-9-22/h2-19H,20H2,1H3,(H,37,39)/b36-19+. The first kappa shape index (κ1) is 28.3. The van der Waals surface area contributed by atoms with Crippen molar-refractivity contribution in [2.45, 2.75) is 13.5 Å². The second kappa shape index (κ2) is 13.0. The summed E-state index contributed by atoms with van der Waals surface area (Å²) in [4.78, 5) is 12.8. The molecule has 0 saturated heterocycles. The highest BCUT2D eigenvalue weighted by Crippen LogP contribution is 2.32. The topological polar surface area (TPSA) is 55.6 Å². The van der Waals surface area contributed by atoms with Gasteiger partial charge >= 0.3 is 0 Å². The lowest BCUT2D eigenvalue weighted by molar-refractivity contribution is 0.0955. The first-order valence-electron chi connectivity index (χ1n) is 12.4. The molecule has 0 unspecified atom stereocenters. The number of carbonyl (C=O) groups is 1. The molecule has 4 aromatic carbocycles. The van der Waals surface area contributed by atoms with Crippen molar-refractivity contribution in [3.8, 4) is 22.7 Å². The Bertz CT molecular complexity index is 1640. The van der Waals surface area contributed by atoms with E-state index in [4.69, 9.17) is 4.74 Å². The Morgan fingerprint density at radius 3 is 2.38 bits per heavy atom. The van der Waals surface area contributed by atoms with Crippen molar-refractivity contribution in [3.05, 3.63) is 138 Å². The van der Waals surface area contributed by atoms with Crippen LogP contribution in [0.5, 0.6) is 5.75 Å². The van der Waals surface area contributed by atoms with Crippen molar-refractivity contribution in [3.63, 3.8) is 0 Å². The number of nitrogens with zero attached hydrogens (tertiary/aromatic N) is 2. The van der Waals surface area contributed by atoms with Crippen molar-refractivity contribution < 1.29 is 9.53 Å². The lowest BCUT2D eigenvalue weighted by atomic mass is 10.1. The second-order valence-electron chi connectivity index (χ2n) is 9.04. The molecule has 5 nitrogen and oxygen atoms in total. The van der Waals surface area contributed by atoms with E-state index in [1.165, 1.54) is 0 Å². The molecule has 5 rings (SSSR count). The fourth-order valence-corrected chi connectivity index (χ4v) is 6.27. The summed E-state index contributed by atoms with van der Waals surface area (Å²) in [5.41, 5.74) is 9.41. The maximum Gasteiger partial charge on any atom is 0.271 e. The summed E-state index contributed by atoms with van der Waals surface area (Å²) in [5, 5.41) is 4.17. The number of aromatic nitrogens is 1. The summed E-state index contributed by atoms with van der Waals surface area (Å²) in [6.07, 6.45) is 1.62. The fourth-order valence-electron chi connectivity index (χ4n) is 4.24. The van der Waals surface area contributed by atoms with E-state index in [1.807, 2.05) is 78.9 Å². The minimum atomic E-state index is -0.279. The number of carbonyl (C=O) groups excluding carboxylic acids is 1. The van der Waals surface area contributed by atoms with E-state index in [0.29, 0.717) is 12.2 Å². The van der Waals surface area contributed by atoms with Crippen LogP contribution in [0, 0.1) is 10.5 Å². The number of ether oxygens (including phenoxy) is 1. The fraction of sp³-hybridized carbons (Fsp3) is 0.0625. The smallest absolute Gasteiger partial charge is 0.271 e. The molecule has 0 aliphatic rings. The van der Waals surface area contributed by atoms with Gasteiger partial charge in [0, 0.05) is 21.4 Å². The maximum absolute atomic E-state index is 12.8. The summed E-state index contributed by atoms with van der Waals surface area (Å²) in [7, 11) is 0. The van der Waals surface area contributed by atoms with Gasteiger partial charge in [-0.05, 0) is 123 Å². The minimum absolute atomic E-state index is 0.279. The molecule has 0 atom stereocenters. The van der Waals surface area contributed by atoms with Crippen LogP contribution in [0.3, 0.4) is 0 Å². The van der Waals surface area contributed by atoms with E-state index in [1.54, 1.807) is 6.21 Å². The van der Waals surface area contributed by atoms with E-state index in [9.17, 15) is 4.79 Å². The van der Waals surface area contributed by atoms with Crippen LogP contribution in [0.2, 0.25) is 0 Å². The van der Waals surface area contributed by atoms with Crippen LogP contribution in [0.4, 0.5) is 0 Å². The Labute approximate surface area is 263 Å². The molecule has 1 N–H and O–H groups in total. The molecular weight excluding hydrogens is 745 g/mol. The summed E-state index contributed by atoms with van der Waals surface area (Å²) in [6, 6.07) is 33.9. The zero-order valence-corrected chi connectivity index (χ0v) is 26.8. The first-order chi connectivity index (χ1) is 19.4. The highest BCUT2D eigenvalue weighted by Gasteiger charge is 2.12. The van der Waals surface area contributed by atoms with Crippen LogP contribution >= 0.6 is 54.5 Å². The second-order valence-corrected chi connectivity index (χ2v) is 12.0. The summed E-state index contributed by atoms with van der Waals surface area (Å²) < 4.78 is 11.0. The molecule has 200 valence electrons. The summed E-state index contributed by atoms with van der Waals surface area (Å²) in [6.45, 7) is 2.53. The van der Waals surface area contributed by atoms with Crippen LogP contribution in [-0.4, -0.2) is 16.7 Å². The molecule has 8 heteroatoms. The Morgan fingerprint density at radius 1 is 0.950 bits per heavy atom. The van der Waals surface area contributed by atoms with E-state index in [-0.39, 0.29) is 5.91 Å². The number of rotatable bonds is 8. The number of hydrogen-bond donors (Lipinski definition) is 1. The van der Waals surface area contributed by atoms with Crippen LogP contribution in [0.25, 0.3) is 16.9 Å². The van der Waals surface area contributed by atoms with Crippen LogP contribution in [-0.2, 0) is 6.61 Å². The van der Waals surface area contributed by atoms with Gasteiger partial charge in [0.15, 0.2) is 0 Å². The Hall–Kier alpha value is -3.21. The highest BCUT2D eigenvalue weighted by molar-refractivity contribution is 14.1. The largest absolute Gasteiger partial charge is 0.487 e. The van der Waals surface area contributed by atoms with Gasteiger partial charge in [-0.25, -0.2) is 5.43 Å². The Balaban J connectivity index is 1.23. The number of halogens is 3. The molecule has 0 bridgehead atoms. The molecule has 1 aromatic heterocycles. The predicted molar refractivity (Wildman–Crippen MR) is 176 cm³/mol. The zero-order chi connectivity index (χ0) is 28.1. The van der Waals surface area contributed by atoms with E-state index < -0.39 is 0 Å². The summed E-state index contributed by atoms with van der Waals surface area (Å²) >= 11 is 9.28. The van der Waals surface area contributed by atoms with Gasteiger partial charge in [0.1, 0.15) is 12.4 Å². The minimum Gasteiger partial charge on any atom is -0.487 e. The van der Waals surface area contributed by atoms with Gasteiger partial charge < -0.3 is 9.30 Å². The molecular formula is C32H24Br2IN3O2. The molecule has 40 heavy (non-hydrogen) atoms. The highest BCUT2D eigenvalue weighted by atomic mass is 127. The van der Waals surface area contributed by atoms with Crippen molar-refractivity contribution in [1.29, 1.82) is 0 Å². The number of amides is 1. The van der Waals surface area contributed by atoms with Gasteiger partial charge in [0.25, 0.3) is 5.91 Å². The number of hydrogen-bond acceptors (Lipinski definition) is 3. The van der Waals surface area contributed by atoms with Crippen LogP contribution in [0.15, 0.2) is 117 Å². The third-order valence-corrected chi connectivity index (χ3v) is 8.15. The van der Waals surface area contributed by atoms with Crippen molar-refractivity contribution in [2.24, 2.45) is 5.10 Å². The molecule has 1 heterocycles. The van der Waals surface area contributed by atoms with Crippen LogP contribution in [0.1, 0.15) is 27.2 Å². The molecule has 1 amide bonds. The van der Waals surface area contributed by atoms with E-state index in [2.05, 4.69) is 101 Å². The van der Waals surface area contributed by atoms with Crippen molar-refractivity contribution in [1.82, 2.24) is 9.99 Å². The van der Waals surface area contributed by atoms with E-state index in [0.717, 1.165) is 52.0 Å². The Morgan fingerprint density at radius 2 is 1.68 bits per heavy atom. The van der Waals surface area contributed by atoms with Gasteiger partial charge in [-0.3, -0.25) is 4.79 Å². The van der Waals surface area contributed by atoms with E-state index >= 15 is 0 Å². The third-order valence-electron chi connectivity index (χ3n) is 6.23. The monoisotopic (exact) mass is 767 g/mol. The van der Waals surface area contributed by atoms with Gasteiger partial charge in [-0.2, -0.15) is 5.10 Å². The number of nitrogens with one attached hydrogen (secondary N) is 1. The van der Waals surface area contributed by atoms with Crippen molar-refractivity contribution in [2.75, 3.05) is 0 Å². The molecule has 0 spiro atoms. The lowest BCUT2D eigenvalue weighted by Crippen LogP contribution is -2.17. The van der Waals surface area contributed by atoms with Crippen LogP contribution < -0.4 is 10.2 Å². The molecule has 0 aliphatic carbocycles. The SMILES string of the molecule is Cc1ccc(-c2ccccc2)n1-c1ccc(C(=O)N/N=C/c2cc(Br)c(OCc3ccc(Br)cc3)c(I)c2)cc1. The first-order valence-corrected chi connectivity index (χ1v) is 15.1. The number of hydrazone groups is 1. The van der Waals surface area contributed by atoms with Crippen molar-refractivity contribution >= 4 is 66.6 Å². The lowest BCUT2D eigenvalue weighted by Gasteiger charge is -2.13. The molecule has 0 fully saturated rings. The quantitative estimate of drug-likeness (QED) is 0.0975. The normalized spacial score (nSPS) is 11.1. The molecule has 5 aromatic rings. The molecule has 0 radical (unpaired) electrons. The average molecular weight is 769 g/mol. The molecule has 0 aliphatic heterocycles. The van der Waals surface area contributed by atoms with Gasteiger partial charge in [-0.1, -0.05) is 58.4 Å². The number of aryl methyl sites for hydroxylation is 1. The maximum atomic E-state index is 12.8. The molecule has 0 saturated carbocycles. The Kier molecular flexibility index (Phi) is 9.18. The van der Waals surface area contributed by atoms with Gasteiger partial charge in [0.05, 0.1) is 20.0 Å². The number of benzene rings is 4. The zero-order valence-electron chi connectivity index (χ0n) is 21.4.